The molecule has 0 aromatic heterocycles. The zero-order valence-electron chi connectivity index (χ0n) is 15.7. The van der Waals surface area contributed by atoms with E-state index in [0.29, 0.717) is 5.56 Å². The lowest BCUT2D eigenvalue weighted by molar-refractivity contribution is 0.584. The van der Waals surface area contributed by atoms with Crippen molar-refractivity contribution in [3.05, 3.63) is 82.9 Å². The molecule has 0 fully saturated rings. The van der Waals surface area contributed by atoms with Crippen LogP contribution in [0.15, 0.2) is 54.6 Å². The second kappa shape index (κ2) is 7.64. The highest BCUT2D eigenvalue weighted by Gasteiger charge is 2.17. The Balaban J connectivity index is 1.65. The largest absolute Gasteiger partial charge is 0.207 e. The quantitative estimate of drug-likeness (QED) is 0.424. The molecule has 4 rings (SSSR count). The van der Waals surface area contributed by atoms with Gasteiger partial charge in [-0.1, -0.05) is 56.2 Å². The first kappa shape index (κ1) is 17.9. The molecule has 138 valence electrons. The van der Waals surface area contributed by atoms with Gasteiger partial charge in [-0.25, -0.2) is 8.78 Å². The van der Waals surface area contributed by atoms with Crippen LogP contribution in [0.25, 0.3) is 22.3 Å². The number of benzene rings is 3. The van der Waals surface area contributed by atoms with Gasteiger partial charge in [-0.3, -0.25) is 0 Å². The fraction of sp³-hybridized carbons (Fsp3) is 0.280. The maximum absolute atomic E-state index is 13.6. The van der Waals surface area contributed by atoms with Crippen molar-refractivity contribution in [2.45, 2.75) is 45.4 Å². The van der Waals surface area contributed by atoms with E-state index in [1.165, 1.54) is 59.2 Å². The highest BCUT2D eigenvalue weighted by atomic mass is 19.1. The van der Waals surface area contributed by atoms with Crippen molar-refractivity contribution in [1.29, 1.82) is 0 Å². The summed E-state index contributed by atoms with van der Waals surface area (Å²) in [5.41, 5.74) is 8.10. The van der Waals surface area contributed by atoms with Gasteiger partial charge in [0, 0.05) is 6.07 Å². The molecule has 0 aliphatic heterocycles. The van der Waals surface area contributed by atoms with E-state index in [2.05, 4.69) is 37.3 Å². The Morgan fingerprint density at radius 1 is 0.704 bits per heavy atom. The number of hydrogen-bond acceptors (Lipinski definition) is 0. The topological polar surface area (TPSA) is 0 Å². The minimum absolute atomic E-state index is 0.538. The lowest BCUT2D eigenvalue weighted by atomic mass is 9.83. The van der Waals surface area contributed by atoms with E-state index >= 15 is 0 Å². The monoisotopic (exact) mass is 362 g/mol. The first-order chi connectivity index (χ1) is 13.1. The summed E-state index contributed by atoms with van der Waals surface area (Å²) >= 11 is 0. The summed E-state index contributed by atoms with van der Waals surface area (Å²) in [7, 11) is 0. The molecule has 0 nitrogen and oxygen atoms in total. The predicted octanol–water partition coefficient (Wildman–Crippen LogP) is 7.13. The molecule has 0 atom stereocenters. The average molecular weight is 362 g/mol. The van der Waals surface area contributed by atoms with Gasteiger partial charge in [0.1, 0.15) is 11.6 Å². The van der Waals surface area contributed by atoms with E-state index in [1.807, 2.05) is 6.07 Å². The SMILES string of the molecule is CCCCCc1ccc2c(c1)CCc1cc(-c3cc(F)cc(F)c3)ccc1-2. The van der Waals surface area contributed by atoms with E-state index in [4.69, 9.17) is 0 Å². The zero-order chi connectivity index (χ0) is 18.8. The highest BCUT2D eigenvalue weighted by Crippen LogP contribution is 2.36. The van der Waals surface area contributed by atoms with Gasteiger partial charge in [0.2, 0.25) is 0 Å². The van der Waals surface area contributed by atoms with Gasteiger partial charge in [0.15, 0.2) is 0 Å². The molecule has 0 unspecified atom stereocenters. The van der Waals surface area contributed by atoms with Crippen molar-refractivity contribution in [3.8, 4) is 22.3 Å². The van der Waals surface area contributed by atoms with Gasteiger partial charge in [-0.15, -0.1) is 0 Å². The lowest BCUT2D eigenvalue weighted by Crippen LogP contribution is -2.05. The molecule has 0 bridgehead atoms. The first-order valence-corrected chi connectivity index (χ1v) is 9.85. The van der Waals surface area contributed by atoms with Gasteiger partial charge in [0.25, 0.3) is 0 Å². The summed E-state index contributed by atoms with van der Waals surface area (Å²) in [4.78, 5) is 0. The predicted molar refractivity (Wildman–Crippen MR) is 108 cm³/mol. The average Bonchev–Trinajstić information content (AvgIpc) is 2.66. The summed E-state index contributed by atoms with van der Waals surface area (Å²) in [6.45, 7) is 2.23. The summed E-state index contributed by atoms with van der Waals surface area (Å²) in [5.74, 6) is -1.08. The van der Waals surface area contributed by atoms with Crippen LogP contribution in [-0.4, -0.2) is 0 Å². The molecule has 1 aliphatic carbocycles. The maximum atomic E-state index is 13.6. The fourth-order valence-corrected chi connectivity index (χ4v) is 4.08. The first-order valence-electron chi connectivity index (χ1n) is 9.85. The van der Waals surface area contributed by atoms with Crippen molar-refractivity contribution in [2.75, 3.05) is 0 Å². The van der Waals surface area contributed by atoms with Crippen LogP contribution < -0.4 is 0 Å². The van der Waals surface area contributed by atoms with Crippen molar-refractivity contribution in [2.24, 2.45) is 0 Å². The Bertz CT molecular complexity index is 952. The fourth-order valence-electron chi connectivity index (χ4n) is 4.08. The molecule has 3 aromatic carbocycles. The molecule has 2 heteroatoms. The number of hydrogen-bond donors (Lipinski definition) is 0. The van der Waals surface area contributed by atoms with Crippen LogP contribution in [0, 0.1) is 11.6 Å². The number of rotatable bonds is 5. The van der Waals surface area contributed by atoms with E-state index in [-0.39, 0.29) is 0 Å². The van der Waals surface area contributed by atoms with Crippen LogP contribution in [0.2, 0.25) is 0 Å². The molecular weight excluding hydrogens is 338 g/mol. The molecule has 0 radical (unpaired) electrons. The Morgan fingerprint density at radius 2 is 1.37 bits per heavy atom. The summed E-state index contributed by atoms with van der Waals surface area (Å²) in [5, 5.41) is 0. The molecule has 0 spiro atoms. The number of aryl methyl sites for hydroxylation is 3. The molecule has 0 heterocycles. The van der Waals surface area contributed by atoms with Crippen LogP contribution in [-0.2, 0) is 19.3 Å². The van der Waals surface area contributed by atoms with Crippen LogP contribution in [0.1, 0.15) is 42.9 Å². The van der Waals surface area contributed by atoms with Crippen LogP contribution in [0.4, 0.5) is 8.78 Å². The third-order valence-electron chi connectivity index (χ3n) is 5.49. The van der Waals surface area contributed by atoms with Gasteiger partial charge < -0.3 is 0 Å². The van der Waals surface area contributed by atoms with Gasteiger partial charge in [-0.2, -0.15) is 0 Å². The molecule has 0 amide bonds. The Kier molecular flexibility index (Phi) is 5.07. The molecule has 1 aliphatic rings. The van der Waals surface area contributed by atoms with Gasteiger partial charge in [-0.05, 0) is 76.8 Å². The third-order valence-corrected chi connectivity index (χ3v) is 5.49. The highest BCUT2D eigenvalue weighted by molar-refractivity contribution is 5.77. The summed E-state index contributed by atoms with van der Waals surface area (Å²) < 4.78 is 27.1. The van der Waals surface area contributed by atoms with Gasteiger partial charge in [0.05, 0.1) is 0 Å². The van der Waals surface area contributed by atoms with Crippen LogP contribution in [0.3, 0.4) is 0 Å². The van der Waals surface area contributed by atoms with E-state index < -0.39 is 11.6 Å². The van der Waals surface area contributed by atoms with Gasteiger partial charge >= 0.3 is 0 Å². The Labute approximate surface area is 159 Å². The normalized spacial score (nSPS) is 12.6. The van der Waals surface area contributed by atoms with Crippen molar-refractivity contribution in [1.82, 2.24) is 0 Å². The van der Waals surface area contributed by atoms with Crippen LogP contribution in [0.5, 0.6) is 0 Å². The Hall–Kier alpha value is -2.48. The zero-order valence-corrected chi connectivity index (χ0v) is 15.7. The van der Waals surface area contributed by atoms with Crippen molar-refractivity contribution >= 4 is 0 Å². The minimum Gasteiger partial charge on any atom is -0.207 e. The molecule has 3 aromatic rings. The maximum Gasteiger partial charge on any atom is 0.126 e. The molecule has 0 N–H and O–H groups in total. The van der Waals surface area contributed by atoms with E-state index in [9.17, 15) is 8.78 Å². The van der Waals surface area contributed by atoms with E-state index in [0.717, 1.165) is 30.9 Å². The second-order valence-electron chi connectivity index (χ2n) is 7.48. The van der Waals surface area contributed by atoms with Crippen LogP contribution >= 0.6 is 0 Å². The van der Waals surface area contributed by atoms with Crippen molar-refractivity contribution < 1.29 is 8.78 Å². The lowest BCUT2D eigenvalue weighted by Gasteiger charge is -2.21. The smallest absolute Gasteiger partial charge is 0.126 e. The minimum atomic E-state index is -0.538. The second-order valence-corrected chi connectivity index (χ2v) is 7.48. The molecular formula is C25H24F2. The molecule has 0 saturated heterocycles. The summed E-state index contributed by atoms with van der Waals surface area (Å²) in [6, 6.07) is 16.7. The number of halogens is 2. The third kappa shape index (κ3) is 3.80. The number of fused-ring (bicyclic) bond motifs is 3. The standard InChI is InChI=1S/C25H24F2/c1-2-3-4-5-17-6-10-24-19(12-17)7-8-20-13-18(9-11-25(20)24)21-14-22(26)16-23(27)15-21/h6,9-16H,2-5,7-8H2,1H3. The molecule has 0 saturated carbocycles. The molecule has 27 heavy (non-hydrogen) atoms. The van der Waals surface area contributed by atoms with E-state index in [1.54, 1.807) is 0 Å². The summed E-state index contributed by atoms with van der Waals surface area (Å²) in [6.07, 6.45) is 6.91. The number of unbranched alkanes of at least 4 members (excludes halogenated alkanes) is 2. The van der Waals surface area contributed by atoms with Crippen molar-refractivity contribution in [3.63, 3.8) is 0 Å². The Morgan fingerprint density at radius 3 is 2.07 bits per heavy atom.